The van der Waals surface area contributed by atoms with Crippen LogP contribution < -0.4 is 11.3 Å². The number of halogens is 4. The zero-order valence-corrected chi connectivity index (χ0v) is 11.8. The Bertz CT molecular complexity index is 620. The molecular weight excluding hydrogens is 305 g/mol. The maximum Gasteiger partial charge on any atom is 0.146 e. The van der Waals surface area contributed by atoms with Gasteiger partial charge in [-0.25, -0.2) is 8.78 Å². The molecule has 0 fully saturated rings. The van der Waals surface area contributed by atoms with Crippen molar-refractivity contribution in [2.24, 2.45) is 5.84 Å². The van der Waals surface area contributed by atoms with Crippen LogP contribution in [0.5, 0.6) is 0 Å². The number of hydrazine groups is 1. The third-order valence-electron chi connectivity index (χ3n) is 2.98. The summed E-state index contributed by atoms with van der Waals surface area (Å²) in [5.41, 5.74) is 3.49. The van der Waals surface area contributed by atoms with Crippen LogP contribution in [-0.4, -0.2) is 0 Å². The van der Waals surface area contributed by atoms with Crippen molar-refractivity contribution in [1.82, 2.24) is 5.43 Å². The molecule has 3 N–H and O–H groups in total. The molecule has 1 atom stereocenters. The first-order valence-corrected chi connectivity index (χ1v) is 6.62. The van der Waals surface area contributed by atoms with Crippen molar-refractivity contribution in [3.05, 3.63) is 69.2 Å². The lowest BCUT2D eigenvalue weighted by Crippen LogP contribution is -2.30. The monoisotopic (exact) mass is 316 g/mol. The Morgan fingerprint density at radius 3 is 2.50 bits per heavy atom. The van der Waals surface area contributed by atoms with E-state index in [4.69, 9.17) is 29.0 Å². The highest BCUT2D eigenvalue weighted by Crippen LogP contribution is 2.26. The van der Waals surface area contributed by atoms with Crippen molar-refractivity contribution < 1.29 is 8.78 Å². The Labute approximate surface area is 125 Å². The van der Waals surface area contributed by atoms with Gasteiger partial charge in [0.05, 0.1) is 16.1 Å². The SMILES string of the molecule is NNC(Cc1ccc(Cl)c(F)c1)c1cccc(Cl)c1F. The van der Waals surface area contributed by atoms with E-state index in [0.29, 0.717) is 17.5 Å². The minimum Gasteiger partial charge on any atom is -0.271 e. The molecule has 6 heteroatoms. The molecule has 0 spiro atoms. The molecule has 106 valence electrons. The van der Waals surface area contributed by atoms with E-state index in [9.17, 15) is 8.78 Å². The van der Waals surface area contributed by atoms with E-state index in [0.717, 1.165) is 0 Å². The number of nitrogens with one attached hydrogen (secondary N) is 1. The van der Waals surface area contributed by atoms with Gasteiger partial charge in [-0.05, 0) is 30.2 Å². The van der Waals surface area contributed by atoms with Gasteiger partial charge in [0.1, 0.15) is 11.6 Å². The van der Waals surface area contributed by atoms with E-state index >= 15 is 0 Å². The Kier molecular flexibility index (Phi) is 4.94. The quantitative estimate of drug-likeness (QED) is 0.660. The predicted octanol–water partition coefficient (Wildman–Crippen LogP) is 4.02. The molecule has 0 aliphatic rings. The predicted molar refractivity (Wildman–Crippen MR) is 76.6 cm³/mol. The van der Waals surface area contributed by atoms with Gasteiger partial charge in [-0.1, -0.05) is 41.4 Å². The third kappa shape index (κ3) is 3.27. The molecule has 0 saturated carbocycles. The van der Waals surface area contributed by atoms with Crippen molar-refractivity contribution in [3.8, 4) is 0 Å². The highest BCUT2D eigenvalue weighted by molar-refractivity contribution is 6.31. The lowest BCUT2D eigenvalue weighted by molar-refractivity contribution is 0.509. The molecule has 0 aromatic heterocycles. The Balaban J connectivity index is 2.28. The highest BCUT2D eigenvalue weighted by Gasteiger charge is 2.17. The minimum absolute atomic E-state index is 0.0186. The van der Waals surface area contributed by atoms with E-state index in [1.807, 2.05) is 0 Å². The lowest BCUT2D eigenvalue weighted by atomic mass is 9.99. The fourth-order valence-electron chi connectivity index (χ4n) is 1.95. The molecule has 0 bridgehead atoms. The van der Waals surface area contributed by atoms with Gasteiger partial charge in [0, 0.05) is 5.56 Å². The van der Waals surface area contributed by atoms with Gasteiger partial charge in [-0.15, -0.1) is 0 Å². The second-order valence-electron chi connectivity index (χ2n) is 4.31. The second-order valence-corrected chi connectivity index (χ2v) is 5.13. The zero-order chi connectivity index (χ0) is 14.7. The first-order chi connectivity index (χ1) is 9.52. The van der Waals surface area contributed by atoms with Gasteiger partial charge >= 0.3 is 0 Å². The van der Waals surface area contributed by atoms with E-state index in [1.54, 1.807) is 18.2 Å². The topological polar surface area (TPSA) is 38.0 Å². The molecule has 0 amide bonds. The first-order valence-electron chi connectivity index (χ1n) is 5.87. The summed E-state index contributed by atoms with van der Waals surface area (Å²) < 4.78 is 27.4. The van der Waals surface area contributed by atoms with Crippen LogP contribution in [0.2, 0.25) is 10.0 Å². The average molecular weight is 317 g/mol. The van der Waals surface area contributed by atoms with Gasteiger partial charge in [0.15, 0.2) is 0 Å². The normalized spacial score (nSPS) is 12.4. The summed E-state index contributed by atoms with van der Waals surface area (Å²) >= 11 is 11.4. The lowest BCUT2D eigenvalue weighted by Gasteiger charge is -2.17. The molecule has 0 aliphatic carbocycles. The summed E-state index contributed by atoms with van der Waals surface area (Å²) in [5, 5.41) is 0.0602. The smallest absolute Gasteiger partial charge is 0.146 e. The van der Waals surface area contributed by atoms with E-state index in [2.05, 4.69) is 5.43 Å². The molecular formula is C14H12Cl2F2N2. The molecule has 0 aliphatic heterocycles. The molecule has 0 heterocycles. The Hall–Kier alpha value is -1.20. The zero-order valence-electron chi connectivity index (χ0n) is 10.3. The van der Waals surface area contributed by atoms with Gasteiger partial charge in [-0.3, -0.25) is 11.3 Å². The van der Waals surface area contributed by atoms with Crippen LogP contribution in [0.1, 0.15) is 17.2 Å². The summed E-state index contributed by atoms with van der Waals surface area (Å²) in [6, 6.07) is 8.57. The third-order valence-corrected chi connectivity index (χ3v) is 3.58. The molecule has 0 radical (unpaired) electrons. The van der Waals surface area contributed by atoms with Gasteiger partial charge < -0.3 is 0 Å². The summed E-state index contributed by atoms with van der Waals surface area (Å²) in [6.07, 6.45) is 0.307. The van der Waals surface area contributed by atoms with Crippen LogP contribution in [0, 0.1) is 11.6 Å². The average Bonchev–Trinajstić information content (AvgIpc) is 2.43. The fourth-order valence-corrected chi connectivity index (χ4v) is 2.25. The van der Waals surface area contributed by atoms with E-state index in [1.165, 1.54) is 18.2 Å². The van der Waals surface area contributed by atoms with Gasteiger partial charge in [0.25, 0.3) is 0 Å². The summed E-state index contributed by atoms with van der Waals surface area (Å²) in [7, 11) is 0. The van der Waals surface area contributed by atoms with Crippen LogP contribution in [0.25, 0.3) is 0 Å². The number of hydrogen-bond donors (Lipinski definition) is 2. The summed E-state index contributed by atoms with van der Waals surface area (Å²) in [4.78, 5) is 0. The van der Waals surface area contributed by atoms with Crippen LogP contribution in [0.4, 0.5) is 8.78 Å². The maximum absolute atomic E-state index is 14.0. The van der Waals surface area contributed by atoms with E-state index < -0.39 is 17.7 Å². The van der Waals surface area contributed by atoms with Gasteiger partial charge in [0.2, 0.25) is 0 Å². The number of hydrogen-bond acceptors (Lipinski definition) is 2. The van der Waals surface area contributed by atoms with Crippen molar-refractivity contribution in [2.45, 2.75) is 12.5 Å². The van der Waals surface area contributed by atoms with Crippen LogP contribution in [-0.2, 0) is 6.42 Å². The van der Waals surface area contributed by atoms with Crippen molar-refractivity contribution >= 4 is 23.2 Å². The minimum atomic E-state index is -0.536. The maximum atomic E-state index is 14.0. The van der Waals surface area contributed by atoms with Crippen molar-refractivity contribution in [1.29, 1.82) is 0 Å². The summed E-state index contributed by atoms with van der Waals surface area (Å²) in [5.74, 6) is 4.40. The highest BCUT2D eigenvalue weighted by atomic mass is 35.5. The first kappa shape index (κ1) is 15.2. The second kappa shape index (κ2) is 6.50. The fraction of sp³-hybridized carbons (Fsp3) is 0.143. The Morgan fingerprint density at radius 1 is 1.10 bits per heavy atom. The molecule has 2 rings (SSSR count). The van der Waals surface area contributed by atoms with Crippen LogP contribution >= 0.6 is 23.2 Å². The standard InChI is InChI=1S/C14H12Cl2F2N2/c15-10-5-4-8(6-12(10)17)7-13(20-19)9-2-1-3-11(16)14(9)18/h1-6,13,20H,7,19H2. The van der Waals surface area contributed by atoms with Crippen LogP contribution in [0.15, 0.2) is 36.4 Å². The molecule has 20 heavy (non-hydrogen) atoms. The van der Waals surface area contributed by atoms with Crippen molar-refractivity contribution in [3.63, 3.8) is 0 Å². The number of rotatable bonds is 4. The Morgan fingerprint density at radius 2 is 1.85 bits per heavy atom. The molecule has 2 nitrogen and oxygen atoms in total. The van der Waals surface area contributed by atoms with E-state index in [-0.39, 0.29) is 10.0 Å². The number of nitrogens with two attached hydrogens (primary N) is 1. The number of benzene rings is 2. The van der Waals surface area contributed by atoms with Crippen LogP contribution in [0.3, 0.4) is 0 Å². The molecule has 2 aromatic carbocycles. The molecule has 2 aromatic rings. The largest absolute Gasteiger partial charge is 0.271 e. The van der Waals surface area contributed by atoms with Crippen molar-refractivity contribution in [2.75, 3.05) is 0 Å². The summed E-state index contributed by atoms with van der Waals surface area (Å²) in [6.45, 7) is 0. The van der Waals surface area contributed by atoms with Gasteiger partial charge in [-0.2, -0.15) is 0 Å². The molecule has 0 saturated heterocycles. The molecule has 1 unspecified atom stereocenters.